The van der Waals surface area contributed by atoms with E-state index in [1.807, 2.05) is 48.4 Å². The normalized spacial score (nSPS) is 18.0. The molecule has 3 rings (SSSR count). The number of nitrogens with zero attached hydrogens (tertiary/aromatic N) is 2. The van der Waals surface area contributed by atoms with Crippen LogP contribution in [0.1, 0.15) is 40.4 Å². The molecule has 1 aromatic carbocycles. The van der Waals surface area contributed by atoms with E-state index in [1.54, 1.807) is 6.20 Å². The molecule has 0 N–H and O–H groups in total. The fourth-order valence-corrected chi connectivity index (χ4v) is 3.54. The summed E-state index contributed by atoms with van der Waals surface area (Å²) in [6.07, 6.45) is 5.66. The zero-order chi connectivity index (χ0) is 14.8. The predicted octanol–water partition coefficient (Wildman–Crippen LogP) is 4.13. The molecule has 1 saturated heterocycles. The Balaban J connectivity index is 1.90. The average molecular weight is 345 g/mol. The van der Waals surface area contributed by atoms with Crippen molar-refractivity contribution in [1.82, 2.24) is 9.88 Å². The van der Waals surface area contributed by atoms with Gasteiger partial charge in [0.15, 0.2) is 0 Å². The first kappa shape index (κ1) is 14.3. The molecule has 21 heavy (non-hydrogen) atoms. The molecule has 2 heterocycles. The van der Waals surface area contributed by atoms with Crippen molar-refractivity contribution in [3.8, 4) is 0 Å². The first-order chi connectivity index (χ1) is 10.2. The molecule has 0 saturated carbocycles. The van der Waals surface area contributed by atoms with Gasteiger partial charge in [0.1, 0.15) is 0 Å². The maximum Gasteiger partial charge on any atom is 0.255 e. The molecule has 1 aliphatic rings. The molecule has 1 unspecified atom stereocenters. The van der Waals surface area contributed by atoms with Crippen LogP contribution < -0.4 is 0 Å². The molecule has 0 bridgehead atoms. The highest BCUT2D eigenvalue weighted by Gasteiger charge is 2.31. The van der Waals surface area contributed by atoms with Crippen molar-refractivity contribution >= 4 is 21.8 Å². The number of carbonyl (C=O) groups is 1. The van der Waals surface area contributed by atoms with Crippen molar-refractivity contribution in [3.05, 3.63) is 63.9 Å². The topological polar surface area (TPSA) is 33.2 Å². The Morgan fingerprint density at radius 3 is 2.95 bits per heavy atom. The number of amides is 1. The molecule has 3 nitrogen and oxygen atoms in total. The van der Waals surface area contributed by atoms with Crippen molar-refractivity contribution in [2.45, 2.75) is 25.8 Å². The second-order valence-corrected chi connectivity index (χ2v) is 6.28. The van der Waals surface area contributed by atoms with Crippen LogP contribution in [0.15, 0.2) is 47.2 Å². The minimum atomic E-state index is 0.0910. The summed E-state index contributed by atoms with van der Waals surface area (Å²) in [5, 5.41) is 0. The number of rotatable bonds is 2. The van der Waals surface area contributed by atoms with Crippen LogP contribution in [0.2, 0.25) is 0 Å². The summed E-state index contributed by atoms with van der Waals surface area (Å²) in [5.74, 6) is 0.0910. The SMILES string of the molecule is Cc1ccc(C(=O)N2CCCC2c2cccnc2)c(Br)c1. The molecular weight excluding hydrogens is 328 g/mol. The third-order valence-electron chi connectivity index (χ3n) is 3.94. The number of hydrogen-bond donors (Lipinski definition) is 0. The minimum absolute atomic E-state index is 0.0910. The predicted molar refractivity (Wildman–Crippen MR) is 86.1 cm³/mol. The van der Waals surface area contributed by atoms with E-state index in [0.29, 0.717) is 0 Å². The van der Waals surface area contributed by atoms with Crippen LogP contribution in [-0.4, -0.2) is 22.3 Å². The summed E-state index contributed by atoms with van der Waals surface area (Å²) < 4.78 is 0.865. The largest absolute Gasteiger partial charge is 0.332 e. The Labute approximate surface area is 133 Å². The maximum atomic E-state index is 12.8. The molecule has 108 valence electrons. The molecule has 0 spiro atoms. The molecule has 1 amide bonds. The van der Waals surface area contributed by atoms with E-state index >= 15 is 0 Å². The second kappa shape index (κ2) is 5.98. The smallest absolute Gasteiger partial charge is 0.255 e. The van der Waals surface area contributed by atoms with Gasteiger partial charge < -0.3 is 4.90 Å². The molecule has 1 aliphatic heterocycles. The second-order valence-electron chi connectivity index (χ2n) is 5.43. The number of halogens is 1. The van der Waals surface area contributed by atoms with Gasteiger partial charge in [0, 0.05) is 23.4 Å². The minimum Gasteiger partial charge on any atom is -0.332 e. The van der Waals surface area contributed by atoms with Gasteiger partial charge in [-0.3, -0.25) is 9.78 Å². The highest BCUT2D eigenvalue weighted by Crippen LogP contribution is 2.33. The molecule has 0 aliphatic carbocycles. The molecule has 1 atom stereocenters. The fourth-order valence-electron chi connectivity index (χ4n) is 2.88. The summed E-state index contributed by atoms with van der Waals surface area (Å²) in [7, 11) is 0. The molecular formula is C17H17BrN2O. The first-order valence-corrected chi connectivity index (χ1v) is 7.93. The Hall–Kier alpha value is -1.68. The van der Waals surface area contributed by atoms with Crippen LogP contribution in [0, 0.1) is 6.92 Å². The van der Waals surface area contributed by atoms with Gasteiger partial charge in [-0.2, -0.15) is 0 Å². The standard InChI is InChI=1S/C17H17BrN2O/c1-12-6-7-14(15(18)10-12)17(21)20-9-3-5-16(20)13-4-2-8-19-11-13/h2,4,6-8,10-11,16H,3,5,9H2,1H3. The highest BCUT2D eigenvalue weighted by atomic mass is 79.9. The third kappa shape index (κ3) is 2.86. The lowest BCUT2D eigenvalue weighted by Crippen LogP contribution is -2.30. The van der Waals surface area contributed by atoms with E-state index in [1.165, 1.54) is 0 Å². The number of aryl methyl sites for hydroxylation is 1. The van der Waals surface area contributed by atoms with E-state index in [9.17, 15) is 4.79 Å². The van der Waals surface area contributed by atoms with Crippen LogP contribution in [0.5, 0.6) is 0 Å². The molecule has 1 fully saturated rings. The van der Waals surface area contributed by atoms with Gasteiger partial charge in [-0.05, 0) is 65.0 Å². The summed E-state index contributed by atoms with van der Waals surface area (Å²) in [6, 6.07) is 9.99. The Morgan fingerprint density at radius 2 is 2.24 bits per heavy atom. The van der Waals surface area contributed by atoms with Crippen molar-refractivity contribution in [1.29, 1.82) is 0 Å². The summed E-state index contributed by atoms with van der Waals surface area (Å²) in [6.45, 7) is 2.83. The van der Waals surface area contributed by atoms with Crippen molar-refractivity contribution < 1.29 is 4.79 Å². The third-order valence-corrected chi connectivity index (χ3v) is 4.59. The van der Waals surface area contributed by atoms with Gasteiger partial charge in [-0.15, -0.1) is 0 Å². The fraction of sp³-hybridized carbons (Fsp3) is 0.294. The average Bonchev–Trinajstić information content (AvgIpc) is 2.97. The number of likely N-dealkylation sites (tertiary alicyclic amines) is 1. The zero-order valence-electron chi connectivity index (χ0n) is 11.9. The van der Waals surface area contributed by atoms with Gasteiger partial charge in [-0.1, -0.05) is 12.1 Å². The van der Waals surface area contributed by atoms with Crippen LogP contribution >= 0.6 is 15.9 Å². The van der Waals surface area contributed by atoms with E-state index in [-0.39, 0.29) is 11.9 Å². The number of carbonyl (C=O) groups excluding carboxylic acids is 1. The van der Waals surface area contributed by atoms with Crippen molar-refractivity contribution in [3.63, 3.8) is 0 Å². The summed E-state index contributed by atoms with van der Waals surface area (Å²) >= 11 is 3.51. The molecule has 2 aromatic rings. The Bertz CT molecular complexity index is 657. The van der Waals surface area contributed by atoms with E-state index < -0.39 is 0 Å². The lowest BCUT2D eigenvalue weighted by molar-refractivity contribution is 0.0734. The van der Waals surface area contributed by atoms with Crippen LogP contribution in [-0.2, 0) is 0 Å². The number of benzene rings is 1. The monoisotopic (exact) mass is 344 g/mol. The first-order valence-electron chi connectivity index (χ1n) is 7.14. The van der Waals surface area contributed by atoms with Gasteiger partial charge in [-0.25, -0.2) is 0 Å². The quantitative estimate of drug-likeness (QED) is 0.820. The van der Waals surface area contributed by atoms with E-state index in [0.717, 1.165) is 40.5 Å². The Morgan fingerprint density at radius 1 is 1.38 bits per heavy atom. The maximum absolute atomic E-state index is 12.8. The van der Waals surface area contributed by atoms with Crippen molar-refractivity contribution in [2.75, 3.05) is 6.54 Å². The molecule has 1 aromatic heterocycles. The molecule has 4 heteroatoms. The number of hydrogen-bond acceptors (Lipinski definition) is 2. The van der Waals surface area contributed by atoms with E-state index in [4.69, 9.17) is 0 Å². The van der Waals surface area contributed by atoms with Crippen LogP contribution in [0.4, 0.5) is 0 Å². The summed E-state index contributed by atoms with van der Waals surface area (Å²) in [5.41, 5.74) is 2.99. The Kier molecular flexibility index (Phi) is 4.06. The zero-order valence-corrected chi connectivity index (χ0v) is 13.5. The van der Waals surface area contributed by atoms with Gasteiger partial charge in [0.25, 0.3) is 5.91 Å². The molecule has 0 radical (unpaired) electrons. The van der Waals surface area contributed by atoms with Crippen molar-refractivity contribution in [2.24, 2.45) is 0 Å². The van der Waals surface area contributed by atoms with Crippen LogP contribution in [0.25, 0.3) is 0 Å². The lowest BCUT2D eigenvalue weighted by atomic mass is 10.1. The van der Waals surface area contributed by atoms with Gasteiger partial charge in [0.2, 0.25) is 0 Å². The summed E-state index contributed by atoms with van der Waals surface area (Å²) in [4.78, 5) is 19.0. The van der Waals surface area contributed by atoms with Gasteiger partial charge >= 0.3 is 0 Å². The number of aromatic nitrogens is 1. The van der Waals surface area contributed by atoms with Gasteiger partial charge in [0.05, 0.1) is 11.6 Å². The highest BCUT2D eigenvalue weighted by molar-refractivity contribution is 9.10. The number of pyridine rings is 1. The lowest BCUT2D eigenvalue weighted by Gasteiger charge is -2.25. The van der Waals surface area contributed by atoms with E-state index in [2.05, 4.69) is 20.9 Å². The van der Waals surface area contributed by atoms with Crippen LogP contribution in [0.3, 0.4) is 0 Å².